The SMILES string of the molecule is C[C@@H]1CN(C(=O)c2ccc(OCC(F)(F)F)cc2Cl)c2ccccc2CN1C(=O)NC(C)(C)C(N)=O. The first-order valence-electron chi connectivity index (χ1n) is 11.0. The summed E-state index contributed by atoms with van der Waals surface area (Å²) in [6.45, 7) is 3.48. The number of rotatable bonds is 5. The first kappa shape index (κ1) is 27.1. The topological polar surface area (TPSA) is 105 Å². The minimum Gasteiger partial charge on any atom is -0.484 e. The Balaban J connectivity index is 1.89. The summed E-state index contributed by atoms with van der Waals surface area (Å²) in [6, 6.07) is 9.67. The second kappa shape index (κ2) is 10.3. The number of para-hydroxylation sites is 1. The molecule has 1 aliphatic heterocycles. The highest BCUT2D eigenvalue weighted by Gasteiger charge is 2.35. The Hall–Kier alpha value is -3.47. The van der Waals surface area contributed by atoms with Crippen molar-refractivity contribution in [3.63, 3.8) is 0 Å². The van der Waals surface area contributed by atoms with Crippen LogP contribution in [0.5, 0.6) is 5.75 Å². The van der Waals surface area contributed by atoms with E-state index in [1.165, 1.54) is 35.8 Å². The Morgan fingerprint density at radius 1 is 1.17 bits per heavy atom. The number of benzene rings is 2. The van der Waals surface area contributed by atoms with Crippen molar-refractivity contribution in [3.05, 3.63) is 58.6 Å². The highest BCUT2D eigenvalue weighted by Crippen LogP contribution is 2.31. The number of hydrogen-bond donors (Lipinski definition) is 2. The van der Waals surface area contributed by atoms with E-state index >= 15 is 0 Å². The van der Waals surface area contributed by atoms with Crippen LogP contribution in [0.25, 0.3) is 0 Å². The lowest BCUT2D eigenvalue weighted by Crippen LogP contribution is -2.58. The number of halogens is 4. The summed E-state index contributed by atoms with van der Waals surface area (Å²) < 4.78 is 42.1. The third-order valence-electron chi connectivity index (χ3n) is 5.72. The second-order valence-corrected chi connectivity index (χ2v) is 9.39. The van der Waals surface area contributed by atoms with Crippen molar-refractivity contribution in [3.8, 4) is 5.75 Å². The zero-order valence-corrected chi connectivity index (χ0v) is 20.6. The van der Waals surface area contributed by atoms with Crippen LogP contribution in [0, 0.1) is 0 Å². The number of primary amides is 1. The highest BCUT2D eigenvalue weighted by atomic mass is 35.5. The molecule has 0 unspecified atom stereocenters. The number of fused-ring (bicyclic) bond motifs is 1. The molecular weight excluding hydrogens is 501 g/mol. The lowest BCUT2D eigenvalue weighted by Gasteiger charge is -2.32. The van der Waals surface area contributed by atoms with E-state index in [2.05, 4.69) is 5.32 Å². The third kappa shape index (κ3) is 6.20. The van der Waals surface area contributed by atoms with Gasteiger partial charge in [0.15, 0.2) is 6.61 Å². The van der Waals surface area contributed by atoms with Gasteiger partial charge in [-0.25, -0.2) is 4.79 Å². The van der Waals surface area contributed by atoms with Gasteiger partial charge in [0.1, 0.15) is 11.3 Å². The van der Waals surface area contributed by atoms with Crippen LogP contribution in [0.15, 0.2) is 42.5 Å². The van der Waals surface area contributed by atoms with E-state index in [-0.39, 0.29) is 29.4 Å². The predicted octanol–water partition coefficient (Wildman–Crippen LogP) is 4.11. The van der Waals surface area contributed by atoms with Gasteiger partial charge in [-0.05, 0) is 50.6 Å². The number of anilines is 1. The van der Waals surface area contributed by atoms with E-state index in [4.69, 9.17) is 22.1 Å². The maximum absolute atomic E-state index is 13.5. The average Bonchev–Trinajstić information content (AvgIpc) is 2.93. The van der Waals surface area contributed by atoms with E-state index in [0.29, 0.717) is 11.3 Å². The number of hydrogen-bond acceptors (Lipinski definition) is 4. The normalized spacial score (nSPS) is 16.1. The number of amides is 4. The van der Waals surface area contributed by atoms with Crippen molar-refractivity contribution in [2.75, 3.05) is 18.1 Å². The van der Waals surface area contributed by atoms with Crippen molar-refractivity contribution >= 4 is 35.1 Å². The zero-order valence-electron chi connectivity index (χ0n) is 19.9. The number of nitrogens with two attached hydrogens (primary N) is 1. The molecule has 0 aromatic heterocycles. The summed E-state index contributed by atoms with van der Waals surface area (Å²) in [5.41, 5.74) is 5.37. The van der Waals surface area contributed by atoms with E-state index in [1.807, 2.05) is 0 Å². The molecule has 2 aromatic rings. The number of nitrogens with one attached hydrogen (secondary N) is 1. The molecule has 0 saturated carbocycles. The molecule has 8 nitrogen and oxygen atoms in total. The van der Waals surface area contributed by atoms with Crippen LogP contribution in [0.4, 0.5) is 23.7 Å². The molecule has 1 aliphatic rings. The van der Waals surface area contributed by atoms with Crippen LogP contribution in [0.2, 0.25) is 5.02 Å². The highest BCUT2D eigenvalue weighted by molar-refractivity contribution is 6.34. The first-order valence-corrected chi connectivity index (χ1v) is 11.3. The first-order chi connectivity index (χ1) is 16.7. The summed E-state index contributed by atoms with van der Waals surface area (Å²) >= 11 is 6.25. The molecule has 0 radical (unpaired) electrons. The lowest BCUT2D eigenvalue weighted by atomic mass is 10.1. The van der Waals surface area contributed by atoms with Crippen molar-refractivity contribution in [2.24, 2.45) is 5.73 Å². The van der Waals surface area contributed by atoms with Gasteiger partial charge in [-0.3, -0.25) is 9.59 Å². The van der Waals surface area contributed by atoms with Gasteiger partial charge in [-0.15, -0.1) is 0 Å². The Kier molecular flexibility index (Phi) is 7.73. The van der Waals surface area contributed by atoms with Crippen LogP contribution >= 0.6 is 11.6 Å². The van der Waals surface area contributed by atoms with Gasteiger partial charge in [0.05, 0.1) is 10.6 Å². The molecule has 1 atom stereocenters. The number of nitrogens with zero attached hydrogens (tertiary/aromatic N) is 2. The second-order valence-electron chi connectivity index (χ2n) is 8.99. The fraction of sp³-hybridized carbons (Fsp3) is 0.375. The molecule has 0 bridgehead atoms. The summed E-state index contributed by atoms with van der Waals surface area (Å²) in [6.07, 6.45) is -4.52. The summed E-state index contributed by atoms with van der Waals surface area (Å²) in [5, 5.41) is 2.54. The fourth-order valence-corrected chi connectivity index (χ4v) is 3.89. The van der Waals surface area contributed by atoms with E-state index in [9.17, 15) is 27.6 Å². The number of alkyl halides is 3. The van der Waals surface area contributed by atoms with Crippen LogP contribution < -0.4 is 20.7 Å². The van der Waals surface area contributed by atoms with Crippen LogP contribution in [0.1, 0.15) is 36.7 Å². The molecule has 1 heterocycles. The Morgan fingerprint density at radius 2 is 1.83 bits per heavy atom. The predicted molar refractivity (Wildman–Crippen MR) is 128 cm³/mol. The maximum atomic E-state index is 13.5. The standard InChI is InChI=1S/C24H26ClF3N4O4/c1-14-11-32(20(33)17-9-8-16(10-18(17)25)36-13-24(26,27)28)19-7-5-4-6-15(19)12-31(14)22(35)30-23(2,3)21(29)34/h4-10,14H,11-13H2,1-3H3,(H2,29,34)(H,30,35)/t14-/m1/s1. The molecule has 0 aliphatic carbocycles. The molecule has 4 amide bonds. The Morgan fingerprint density at radius 3 is 2.44 bits per heavy atom. The summed E-state index contributed by atoms with van der Waals surface area (Å²) in [4.78, 5) is 41.2. The minimum absolute atomic E-state index is 0.0609. The van der Waals surface area contributed by atoms with Gasteiger partial charge < -0.3 is 25.6 Å². The molecule has 12 heteroatoms. The molecule has 36 heavy (non-hydrogen) atoms. The smallest absolute Gasteiger partial charge is 0.422 e. The van der Waals surface area contributed by atoms with Crippen LogP contribution in [-0.4, -0.2) is 53.7 Å². The van der Waals surface area contributed by atoms with Gasteiger partial charge in [-0.1, -0.05) is 29.8 Å². The van der Waals surface area contributed by atoms with Gasteiger partial charge in [-0.2, -0.15) is 13.2 Å². The number of carbonyl (C=O) groups is 3. The maximum Gasteiger partial charge on any atom is 0.422 e. The minimum atomic E-state index is -4.52. The summed E-state index contributed by atoms with van der Waals surface area (Å²) in [5.74, 6) is -1.33. The van der Waals surface area contributed by atoms with E-state index < -0.39 is 42.2 Å². The third-order valence-corrected chi connectivity index (χ3v) is 6.03. The van der Waals surface area contributed by atoms with Crippen molar-refractivity contribution < 1.29 is 32.3 Å². The fourth-order valence-electron chi connectivity index (χ4n) is 3.64. The molecule has 3 rings (SSSR count). The van der Waals surface area contributed by atoms with Gasteiger partial charge in [0.25, 0.3) is 5.91 Å². The molecule has 3 N–H and O–H groups in total. The molecule has 0 spiro atoms. The Bertz CT molecular complexity index is 1170. The van der Waals surface area contributed by atoms with Gasteiger partial charge in [0.2, 0.25) is 5.91 Å². The van der Waals surface area contributed by atoms with Gasteiger partial charge >= 0.3 is 12.2 Å². The van der Waals surface area contributed by atoms with Crippen molar-refractivity contribution in [1.29, 1.82) is 0 Å². The zero-order chi connectivity index (χ0) is 26.8. The van der Waals surface area contributed by atoms with Crippen molar-refractivity contribution in [2.45, 2.75) is 45.1 Å². The summed E-state index contributed by atoms with van der Waals surface area (Å²) in [7, 11) is 0. The van der Waals surface area contributed by atoms with Crippen molar-refractivity contribution in [1.82, 2.24) is 10.2 Å². The molecule has 194 valence electrons. The molecule has 2 aromatic carbocycles. The number of ether oxygens (including phenoxy) is 1. The van der Waals surface area contributed by atoms with Crippen LogP contribution in [0.3, 0.4) is 0 Å². The quantitative estimate of drug-likeness (QED) is 0.612. The monoisotopic (exact) mass is 526 g/mol. The molecule has 0 fully saturated rings. The van der Waals surface area contributed by atoms with E-state index in [0.717, 1.165) is 6.07 Å². The Labute approximate surface area is 211 Å². The number of carbonyl (C=O) groups excluding carboxylic acids is 3. The number of urea groups is 1. The van der Waals surface area contributed by atoms with Gasteiger partial charge in [0, 0.05) is 24.8 Å². The van der Waals surface area contributed by atoms with Crippen LogP contribution in [-0.2, 0) is 11.3 Å². The lowest BCUT2D eigenvalue weighted by molar-refractivity contribution is -0.153. The van der Waals surface area contributed by atoms with E-state index in [1.54, 1.807) is 31.2 Å². The molecular formula is C24H26ClF3N4O4. The molecule has 0 saturated heterocycles. The largest absolute Gasteiger partial charge is 0.484 e. The average molecular weight is 527 g/mol.